The summed E-state index contributed by atoms with van der Waals surface area (Å²) < 4.78 is 7.86. The molecular formula is C23H19BrN2O4S. The van der Waals surface area contributed by atoms with Gasteiger partial charge in [0.1, 0.15) is 5.75 Å². The van der Waals surface area contributed by atoms with Crippen molar-refractivity contribution < 1.29 is 14.6 Å². The lowest BCUT2D eigenvalue weighted by atomic mass is 9.96. The molecule has 0 radical (unpaired) electrons. The summed E-state index contributed by atoms with van der Waals surface area (Å²) >= 11 is 4.56. The first-order valence-corrected chi connectivity index (χ1v) is 11.2. The molecule has 1 aliphatic heterocycles. The molecule has 1 atom stereocenters. The molecule has 0 fully saturated rings. The zero-order valence-corrected chi connectivity index (χ0v) is 19.2. The summed E-state index contributed by atoms with van der Waals surface area (Å²) in [7, 11) is 0. The highest BCUT2D eigenvalue weighted by Crippen LogP contribution is 2.30. The maximum absolute atomic E-state index is 13.4. The fraction of sp³-hybridized carbons (Fsp3) is 0.174. The summed E-state index contributed by atoms with van der Waals surface area (Å²) in [5.74, 6) is -0.355. The van der Waals surface area contributed by atoms with Crippen LogP contribution in [-0.4, -0.2) is 22.2 Å². The van der Waals surface area contributed by atoms with E-state index in [9.17, 15) is 14.7 Å². The number of nitrogens with zero attached hydrogens (tertiary/aromatic N) is 2. The Hall–Kier alpha value is -2.97. The Bertz CT molecular complexity index is 1370. The number of phenolic OH excluding ortho intramolecular Hbond substituents is 1. The standard InChI is InChI=1S/C23H19BrN2O4S/c1-3-30-22(29)19-13(2)25-23-26(20(19)15-7-5-4-6-8-15)21(28)18(31-23)12-14-9-10-17(27)16(24)11-14/h4-12,20,27H,3H2,1-2H3/b18-12-/t20-/m1/s1. The number of carbonyl (C=O) groups is 1. The Labute approximate surface area is 190 Å². The molecular weight excluding hydrogens is 480 g/mol. The number of phenols is 1. The van der Waals surface area contributed by atoms with Crippen molar-refractivity contribution in [2.24, 2.45) is 4.99 Å². The molecule has 0 aliphatic carbocycles. The minimum atomic E-state index is -0.620. The zero-order valence-electron chi connectivity index (χ0n) is 16.8. The molecule has 1 aromatic heterocycles. The quantitative estimate of drug-likeness (QED) is 0.559. The van der Waals surface area contributed by atoms with Gasteiger partial charge in [0, 0.05) is 0 Å². The van der Waals surface area contributed by atoms with Crippen LogP contribution in [0.2, 0.25) is 0 Å². The number of carbonyl (C=O) groups excluding carboxylic acids is 1. The molecule has 158 valence electrons. The minimum Gasteiger partial charge on any atom is -0.507 e. The fourth-order valence-corrected chi connectivity index (χ4v) is 4.95. The van der Waals surface area contributed by atoms with Crippen LogP contribution < -0.4 is 14.9 Å². The highest BCUT2D eigenvalue weighted by atomic mass is 79.9. The van der Waals surface area contributed by atoms with Gasteiger partial charge in [0.2, 0.25) is 0 Å². The van der Waals surface area contributed by atoms with Crippen LogP contribution in [0, 0.1) is 0 Å². The molecule has 0 spiro atoms. The highest BCUT2D eigenvalue weighted by Gasteiger charge is 2.33. The van der Waals surface area contributed by atoms with Crippen LogP contribution >= 0.6 is 27.3 Å². The summed E-state index contributed by atoms with van der Waals surface area (Å²) in [6.07, 6.45) is 1.75. The van der Waals surface area contributed by atoms with Gasteiger partial charge in [-0.2, -0.15) is 0 Å². The molecule has 0 unspecified atom stereocenters. The largest absolute Gasteiger partial charge is 0.507 e. The summed E-state index contributed by atoms with van der Waals surface area (Å²) in [5, 5.41) is 9.72. The number of benzene rings is 2. The topological polar surface area (TPSA) is 80.9 Å². The van der Waals surface area contributed by atoms with Crippen LogP contribution in [0.5, 0.6) is 5.75 Å². The number of rotatable bonds is 4. The molecule has 0 amide bonds. The monoisotopic (exact) mass is 498 g/mol. The number of thiazole rings is 1. The SMILES string of the molecule is CCOC(=O)C1=C(C)N=c2s/c(=C\c3ccc(O)c(Br)c3)c(=O)n2[C@@H]1c1ccccc1. The normalized spacial score (nSPS) is 16.1. The Kier molecular flexibility index (Phi) is 5.93. The Morgan fingerprint density at radius 3 is 2.71 bits per heavy atom. The number of esters is 1. The predicted octanol–water partition coefficient (Wildman–Crippen LogP) is 3.27. The van der Waals surface area contributed by atoms with E-state index in [4.69, 9.17) is 4.74 Å². The van der Waals surface area contributed by atoms with Crippen molar-refractivity contribution in [2.75, 3.05) is 6.61 Å². The minimum absolute atomic E-state index is 0.123. The third-order valence-corrected chi connectivity index (χ3v) is 6.52. The molecule has 0 saturated carbocycles. The molecule has 0 bridgehead atoms. The first-order chi connectivity index (χ1) is 14.9. The van der Waals surface area contributed by atoms with E-state index in [0.717, 1.165) is 11.1 Å². The van der Waals surface area contributed by atoms with Crippen molar-refractivity contribution in [3.8, 4) is 5.75 Å². The Morgan fingerprint density at radius 1 is 1.29 bits per heavy atom. The van der Waals surface area contributed by atoms with E-state index in [0.29, 0.717) is 25.1 Å². The van der Waals surface area contributed by atoms with E-state index in [1.54, 1.807) is 42.7 Å². The Balaban J connectivity index is 1.95. The van der Waals surface area contributed by atoms with Gasteiger partial charge in [-0.1, -0.05) is 47.7 Å². The second-order valence-electron chi connectivity index (χ2n) is 6.92. The molecule has 8 heteroatoms. The smallest absolute Gasteiger partial charge is 0.338 e. The first kappa shape index (κ1) is 21.3. The maximum Gasteiger partial charge on any atom is 0.338 e. The second-order valence-corrected chi connectivity index (χ2v) is 8.79. The van der Waals surface area contributed by atoms with Gasteiger partial charge in [-0.15, -0.1) is 0 Å². The third-order valence-electron chi connectivity index (χ3n) is 4.90. The molecule has 2 aromatic carbocycles. The average molecular weight is 499 g/mol. The van der Waals surface area contributed by atoms with Crippen LogP contribution in [0.3, 0.4) is 0 Å². The fourth-order valence-electron chi connectivity index (χ4n) is 3.51. The third kappa shape index (κ3) is 4.00. The van der Waals surface area contributed by atoms with Gasteiger partial charge >= 0.3 is 5.97 Å². The van der Waals surface area contributed by atoms with E-state index in [1.807, 2.05) is 30.3 Å². The predicted molar refractivity (Wildman–Crippen MR) is 123 cm³/mol. The summed E-state index contributed by atoms with van der Waals surface area (Å²) in [5.41, 5.74) is 2.22. The molecule has 31 heavy (non-hydrogen) atoms. The average Bonchev–Trinajstić information content (AvgIpc) is 3.05. The van der Waals surface area contributed by atoms with Gasteiger partial charge in [-0.05, 0) is 59.1 Å². The first-order valence-electron chi connectivity index (χ1n) is 9.64. The lowest BCUT2D eigenvalue weighted by Gasteiger charge is -2.24. The van der Waals surface area contributed by atoms with Crippen LogP contribution in [-0.2, 0) is 9.53 Å². The molecule has 4 rings (SSSR count). The number of fused-ring (bicyclic) bond motifs is 1. The molecule has 6 nitrogen and oxygen atoms in total. The van der Waals surface area contributed by atoms with Gasteiger partial charge in [-0.25, -0.2) is 9.79 Å². The van der Waals surface area contributed by atoms with Crippen LogP contribution in [0.1, 0.15) is 31.0 Å². The number of hydrogen-bond donors (Lipinski definition) is 1. The van der Waals surface area contributed by atoms with Crippen LogP contribution in [0.25, 0.3) is 6.08 Å². The van der Waals surface area contributed by atoms with E-state index in [1.165, 1.54) is 11.3 Å². The van der Waals surface area contributed by atoms with Crippen molar-refractivity contribution >= 4 is 39.3 Å². The highest BCUT2D eigenvalue weighted by molar-refractivity contribution is 9.10. The summed E-state index contributed by atoms with van der Waals surface area (Å²) in [6.45, 7) is 3.74. The summed E-state index contributed by atoms with van der Waals surface area (Å²) in [4.78, 5) is 31.3. The number of aromatic nitrogens is 1. The van der Waals surface area contributed by atoms with Crippen molar-refractivity contribution in [1.82, 2.24) is 4.57 Å². The number of halogens is 1. The van der Waals surface area contributed by atoms with Crippen molar-refractivity contribution in [3.05, 3.63) is 95.1 Å². The van der Waals surface area contributed by atoms with Crippen molar-refractivity contribution in [1.29, 1.82) is 0 Å². The number of ether oxygens (including phenoxy) is 1. The van der Waals surface area contributed by atoms with Gasteiger partial charge in [0.25, 0.3) is 5.56 Å². The Morgan fingerprint density at radius 2 is 2.03 bits per heavy atom. The van der Waals surface area contributed by atoms with Crippen molar-refractivity contribution in [2.45, 2.75) is 19.9 Å². The molecule has 1 N–H and O–H groups in total. The van der Waals surface area contributed by atoms with Crippen LogP contribution in [0.4, 0.5) is 0 Å². The zero-order chi connectivity index (χ0) is 22.1. The maximum atomic E-state index is 13.4. The van der Waals surface area contributed by atoms with Gasteiger partial charge < -0.3 is 9.84 Å². The molecule has 2 heterocycles. The van der Waals surface area contributed by atoms with E-state index >= 15 is 0 Å². The number of aromatic hydroxyl groups is 1. The number of hydrogen-bond acceptors (Lipinski definition) is 6. The summed E-state index contributed by atoms with van der Waals surface area (Å²) in [6, 6.07) is 13.8. The van der Waals surface area contributed by atoms with Gasteiger partial charge in [0.05, 0.1) is 32.9 Å². The number of allylic oxidation sites excluding steroid dienone is 1. The second kappa shape index (κ2) is 8.64. The molecule has 0 saturated heterocycles. The van der Waals surface area contributed by atoms with Crippen molar-refractivity contribution in [3.63, 3.8) is 0 Å². The molecule has 1 aliphatic rings. The van der Waals surface area contributed by atoms with Crippen LogP contribution in [0.15, 0.2) is 74.1 Å². The molecule has 3 aromatic rings. The lowest BCUT2D eigenvalue weighted by Crippen LogP contribution is -2.39. The van der Waals surface area contributed by atoms with Gasteiger partial charge in [-0.3, -0.25) is 9.36 Å². The van der Waals surface area contributed by atoms with E-state index in [2.05, 4.69) is 20.9 Å². The van der Waals surface area contributed by atoms with E-state index < -0.39 is 12.0 Å². The van der Waals surface area contributed by atoms with Gasteiger partial charge in [0.15, 0.2) is 4.80 Å². The lowest BCUT2D eigenvalue weighted by molar-refractivity contribution is -0.139. The van der Waals surface area contributed by atoms with E-state index in [-0.39, 0.29) is 17.9 Å².